The van der Waals surface area contributed by atoms with Gasteiger partial charge in [-0.3, -0.25) is 24.0 Å². The van der Waals surface area contributed by atoms with Crippen molar-refractivity contribution in [2.75, 3.05) is 6.61 Å². The SMILES string of the molecule is CCOC(=O)C1=CCC(Cc2ccc3c(c2O)C(=O)C2C(=O)[C@@]4(O)C(=O)C(C(C)=O)C(=O)C(C(C)C)[C@@]4(C)[C@H](O)[C@@]2(C)[C@@H]3C)=C1. The first-order valence-electron chi connectivity index (χ1n) is 15.4. The Morgan fingerprint density at radius 2 is 1.73 bits per heavy atom. The molecule has 3 unspecified atom stereocenters. The molecule has 240 valence electrons. The summed E-state index contributed by atoms with van der Waals surface area (Å²) >= 11 is 0. The lowest BCUT2D eigenvalue weighted by Crippen LogP contribution is -2.81. The van der Waals surface area contributed by atoms with E-state index in [-0.39, 0.29) is 24.3 Å². The smallest absolute Gasteiger partial charge is 0.337 e. The molecule has 4 aliphatic rings. The van der Waals surface area contributed by atoms with Gasteiger partial charge in [0.15, 0.2) is 28.7 Å². The van der Waals surface area contributed by atoms with Crippen LogP contribution in [0.4, 0.5) is 0 Å². The van der Waals surface area contributed by atoms with Gasteiger partial charge in [-0.25, -0.2) is 4.79 Å². The van der Waals surface area contributed by atoms with Crippen molar-refractivity contribution in [3.8, 4) is 5.75 Å². The normalized spacial score (nSPS) is 35.8. The molecule has 0 heterocycles. The van der Waals surface area contributed by atoms with E-state index in [9.17, 15) is 44.1 Å². The van der Waals surface area contributed by atoms with Crippen molar-refractivity contribution in [1.82, 2.24) is 0 Å². The number of aliphatic hydroxyl groups is 2. The number of ketones is 5. The van der Waals surface area contributed by atoms with Crippen LogP contribution in [-0.4, -0.2) is 68.5 Å². The largest absolute Gasteiger partial charge is 0.507 e. The van der Waals surface area contributed by atoms with Crippen molar-refractivity contribution in [2.24, 2.45) is 34.5 Å². The number of carbonyl (C=O) groups is 6. The highest BCUT2D eigenvalue weighted by Gasteiger charge is 2.80. The average molecular weight is 621 g/mol. The molecule has 10 nitrogen and oxygen atoms in total. The van der Waals surface area contributed by atoms with Crippen LogP contribution < -0.4 is 0 Å². The Bertz CT molecular complexity index is 1630. The first kappa shape index (κ1) is 32.6. The van der Waals surface area contributed by atoms with Gasteiger partial charge >= 0.3 is 5.97 Å². The first-order chi connectivity index (χ1) is 20.9. The number of ether oxygens (including phenoxy) is 1. The van der Waals surface area contributed by atoms with Gasteiger partial charge in [0.25, 0.3) is 0 Å². The summed E-state index contributed by atoms with van der Waals surface area (Å²) in [5, 5.41) is 35.9. The molecule has 10 heteroatoms. The van der Waals surface area contributed by atoms with Crippen molar-refractivity contribution < 1.29 is 48.8 Å². The lowest BCUT2D eigenvalue weighted by Gasteiger charge is -2.65. The van der Waals surface area contributed by atoms with E-state index in [2.05, 4.69) is 0 Å². The monoisotopic (exact) mass is 620 g/mol. The number of carbonyl (C=O) groups excluding carboxylic acids is 6. The first-order valence-corrected chi connectivity index (χ1v) is 15.4. The maximum atomic E-state index is 14.6. The van der Waals surface area contributed by atoms with Crippen LogP contribution in [0, 0.1) is 34.5 Å². The Morgan fingerprint density at radius 3 is 2.31 bits per heavy atom. The van der Waals surface area contributed by atoms with Crippen LogP contribution >= 0.6 is 0 Å². The molecule has 0 spiro atoms. The molecule has 1 aromatic rings. The summed E-state index contributed by atoms with van der Waals surface area (Å²) < 4.78 is 5.05. The molecule has 45 heavy (non-hydrogen) atoms. The van der Waals surface area contributed by atoms with E-state index in [1.165, 1.54) is 13.8 Å². The molecular weight excluding hydrogens is 580 g/mol. The van der Waals surface area contributed by atoms with E-state index in [0.29, 0.717) is 23.1 Å². The Kier molecular flexibility index (Phi) is 7.73. The van der Waals surface area contributed by atoms with E-state index in [4.69, 9.17) is 4.74 Å². The van der Waals surface area contributed by atoms with E-state index in [1.807, 2.05) is 0 Å². The number of Topliss-reactive ketones (excluding diaryl/α,β-unsaturated/α-hetero) is 5. The molecule has 5 rings (SSSR count). The minimum atomic E-state index is -3.01. The molecule has 0 aliphatic heterocycles. The number of phenolic OH excluding ortho intramolecular Hbond substituents is 1. The van der Waals surface area contributed by atoms with Crippen molar-refractivity contribution in [2.45, 2.75) is 78.9 Å². The van der Waals surface area contributed by atoms with Gasteiger partial charge in [-0.1, -0.05) is 58.4 Å². The van der Waals surface area contributed by atoms with Crippen molar-refractivity contribution >= 4 is 34.9 Å². The van der Waals surface area contributed by atoms with Gasteiger partial charge in [0.2, 0.25) is 0 Å². The summed E-state index contributed by atoms with van der Waals surface area (Å²) in [4.78, 5) is 81.2. The lowest BCUT2D eigenvalue weighted by atomic mass is 9.37. The summed E-state index contributed by atoms with van der Waals surface area (Å²) in [5.74, 6) is -12.0. The van der Waals surface area contributed by atoms with Crippen molar-refractivity contribution in [3.05, 3.63) is 52.1 Å². The number of phenols is 1. The van der Waals surface area contributed by atoms with E-state index in [0.717, 1.165) is 12.5 Å². The number of aliphatic hydroxyl groups excluding tert-OH is 1. The van der Waals surface area contributed by atoms with E-state index >= 15 is 0 Å². The van der Waals surface area contributed by atoms with Gasteiger partial charge in [-0.2, -0.15) is 0 Å². The molecule has 0 saturated heterocycles. The van der Waals surface area contributed by atoms with Crippen LogP contribution in [0.5, 0.6) is 5.75 Å². The highest BCUT2D eigenvalue weighted by atomic mass is 16.5. The Balaban J connectivity index is 1.64. The van der Waals surface area contributed by atoms with E-state index < -0.39 is 87.0 Å². The number of benzene rings is 1. The molecule has 0 aromatic heterocycles. The molecular formula is C35H40O10. The summed E-state index contributed by atoms with van der Waals surface area (Å²) in [6, 6.07) is 3.31. The fourth-order valence-electron chi connectivity index (χ4n) is 8.84. The summed E-state index contributed by atoms with van der Waals surface area (Å²) in [5.41, 5.74) is -4.86. The quantitative estimate of drug-likeness (QED) is 0.317. The van der Waals surface area contributed by atoms with Gasteiger partial charge in [0, 0.05) is 16.7 Å². The average Bonchev–Trinajstić information content (AvgIpc) is 3.43. The molecule has 3 N–H and O–H groups in total. The molecule has 0 radical (unpaired) electrons. The third-order valence-corrected chi connectivity index (χ3v) is 11.2. The molecule has 0 bridgehead atoms. The van der Waals surface area contributed by atoms with E-state index in [1.54, 1.807) is 52.0 Å². The zero-order valence-corrected chi connectivity index (χ0v) is 26.6. The zero-order valence-electron chi connectivity index (χ0n) is 26.6. The molecule has 8 atom stereocenters. The Morgan fingerprint density at radius 1 is 1.09 bits per heavy atom. The number of hydrogen-bond donors (Lipinski definition) is 3. The van der Waals surface area contributed by atoms with Crippen LogP contribution in [-0.2, 0) is 35.1 Å². The predicted molar refractivity (Wildman–Crippen MR) is 160 cm³/mol. The predicted octanol–water partition coefficient (Wildman–Crippen LogP) is 2.99. The number of allylic oxidation sites excluding steroid dienone is 2. The fraction of sp³-hybridized carbons (Fsp3) is 0.543. The van der Waals surface area contributed by atoms with Gasteiger partial charge in [-0.05, 0) is 55.7 Å². The highest BCUT2D eigenvalue weighted by molar-refractivity contribution is 6.33. The van der Waals surface area contributed by atoms with Crippen molar-refractivity contribution in [1.29, 1.82) is 0 Å². The van der Waals surface area contributed by atoms with Crippen LogP contribution in [0.25, 0.3) is 0 Å². The number of hydrogen-bond acceptors (Lipinski definition) is 10. The minimum absolute atomic E-state index is 0.143. The van der Waals surface area contributed by atoms with Gasteiger partial charge in [0.05, 0.1) is 29.8 Å². The number of rotatable bonds is 6. The van der Waals surface area contributed by atoms with Crippen LogP contribution in [0.2, 0.25) is 0 Å². The number of aromatic hydroxyl groups is 1. The highest BCUT2D eigenvalue weighted by Crippen LogP contribution is 2.66. The maximum Gasteiger partial charge on any atom is 0.337 e. The van der Waals surface area contributed by atoms with Gasteiger partial charge < -0.3 is 20.1 Å². The molecule has 2 fully saturated rings. The van der Waals surface area contributed by atoms with Gasteiger partial charge in [0.1, 0.15) is 17.5 Å². The summed E-state index contributed by atoms with van der Waals surface area (Å²) in [7, 11) is 0. The van der Waals surface area contributed by atoms with Crippen LogP contribution in [0.1, 0.15) is 82.3 Å². The molecule has 0 amide bonds. The second-order valence-corrected chi connectivity index (χ2v) is 13.8. The minimum Gasteiger partial charge on any atom is -0.507 e. The number of esters is 1. The van der Waals surface area contributed by atoms with Crippen LogP contribution in [0.15, 0.2) is 35.4 Å². The molecule has 4 aliphatic carbocycles. The standard InChI is InChI=1S/C35H40O10/c1-8-45-31(42)20-10-9-18(14-20)13-19-11-12-21-16(4)33(6)25(28(39)23(21)26(19)37)30(41)35(44)29(40)22(17(5)36)27(38)24(15(2)3)34(35,7)32(33)43/h10-12,14-16,22,24-25,32,37,43-44H,8-9,13H2,1-7H3/t16-,22?,24?,25?,32-,33+,34+,35+/m1/s1. The topological polar surface area (TPSA) is 172 Å². The summed E-state index contributed by atoms with van der Waals surface area (Å²) in [6.07, 6.45) is 2.29. The second kappa shape index (κ2) is 10.7. The van der Waals surface area contributed by atoms with Gasteiger partial charge in [-0.15, -0.1) is 0 Å². The lowest BCUT2D eigenvalue weighted by molar-refractivity contribution is -0.240. The van der Waals surface area contributed by atoms with Crippen molar-refractivity contribution in [3.63, 3.8) is 0 Å². The second-order valence-electron chi connectivity index (χ2n) is 13.8. The fourth-order valence-corrected chi connectivity index (χ4v) is 8.84. The molecule has 2 saturated carbocycles. The van der Waals surface area contributed by atoms with Crippen LogP contribution in [0.3, 0.4) is 0 Å². The third-order valence-electron chi connectivity index (χ3n) is 11.2. The molecule has 1 aromatic carbocycles. The Labute approximate surface area is 261 Å². The third kappa shape index (κ3) is 4.07. The number of fused-ring (bicyclic) bond motifs is 3. The zero-order chi connectivity index (χ0) is 33.5. The summed E-state index contributed by atoms with van der Waals surface area (Å²) in [6.45, 7) is 10.8. The maximum absolute atomic E-state index is 14.6. The Hall–Kier alpha value is -3.76.